The molecule has 0 radical (unpaired) electrons. The number of amides is 1. The number of ether oxygens (including phenoxy) is 1. The molecule has 0 unspecified atom stereocenters. The van der Waals surface area contributed by atoms with Gasteiger partial charge >= 0.3 is 0 Å². The fraction of sp³-hybridized carbons (Fsp3) is 0.533. The van der Waals surface area contributed by atoms with Crippen LogP contribution in [0.15, 0.2) is 28.7 Å². The molecule has 0 bridgehead atoms. The second-order valence-electron chi connectivity index (χ2n) is 4.98. The van der Waals surface area contributed by atoms with E-state index < -0.39 is 6.04 Å². The summed E-state index contributed by atoms with van der Waals surface area (Å²) in [5.41, 5.74) is 5.76. The summed E-state index contributed by atoms with van der Waals surface area (Å²) in [5, 5.41) is 2.85. The Hall–Kier alpha value is -0.720. The van der Waals surface area contributed by atoms with Gasteiger partial charge in [0, 0.05) is 22.5 Å². The molecule has 1 amide bonds. The van der Waals surface area contributed by atoms with Gasteiger partial charge in [-0.05, 0) is 24.1 Å². The average molecular weight is 375 g/mol. The van der Waals surface area contributed by atoms with Crippen molar-refractivity contribution >= 4 is 33.6 Å². The van der Waals surface area contributed by atoms with Gasteiger partial charge in [-0.25, -0.2) is 0 Å². The zero-order valence-electron chi connectivity index (χ0n) is 12.5. The minimum atomic E-state index is -0.421. The van der Waals surface area contributed by atoms with E-state index in [0.29, 0.717) is 13.2 Å². The Kier molecular flexibility index (Phi) is 8.80. The highest BCUT2D eigenvalue weighted by molar-refractivity contribution is 9.10. The van der Waals surface area contributed by atoms with E-state index in [0.717, 1.165) is 21.7 Å². The lowest BCUT2D eigenvalue weighted by atomic mass is 10.1. The number of rotatable bonds is 9. The number of hydrogen-bond donors (Lipinski definition) is 2. The summed E-state index contributed by atoms with van der Waals surface area (Å²) >= 11 is 5.15. The minimum absolute atomic E-state index is 0.0732. The lowest BCUT2D eigenvalue weighted by molar-refractivity contribution is -0.123. The fourth-order valence-electron chi connectivity index (χ4n) is 1.54. The number of carbonyl (C=O) groups is 1. The smallest absolute Gasteiger partial charge is 0.237 e. The number of carbonyl (C=O) groups excluding carboxylic acids is 1. The Morgan fingerprint density at radius 1 is 1.43 bits per heavy atom. The van der Waals surface area contributed by atoms with Crippen molar-refractivity contribution in [2.45, 2.75) is 19.9 Å². The topological polar surface area (TPSA) is 64.4 Å². The molecule has 118 valence electrons. The summed E-state index contributed by atoms with van der Waals surface area (Å²) in [6.07, 6.45) is 0. The van der Waals surface area contributed by atoms with Crippen LogP contribution >= 0.6 is 27.7 Å². The van der Waals surface area contributed by atoms with Crippen molar-refractivity contribution in [3.63, 3.8) is 0 Å². The van der Waals surface area contributed by atoms with E-state index in [4.69, 9.17) is 10.5 Å². The standard InChI is InChI=1S/C15H23BrN2O2S/c1-11(2)14(17)15(19)18-6-8-21-9-7-20-13-5-3-4-12(16)10-13/h3-5,10-11,14H,6-9,17H2,1-2H3,(H,18,19)/t14-/m0/s1. The molecule has 0 aliphatic heterocycles. The van der Waals surface area contributed by atoms with E-state index in [1.165, 1.54) is 0 Å². The third-order valence-electron chi connectivity index (χ3n) is 2.86. The molecule has 1 aromatic rings. The van der Waals surface area contributed by atoms with Crippen molar-refractivity contribution in [2.24, 2.45) is 11.7 Å². The zero-order valence-corrected chi connectivity index (χ0v) is 14.9. The van der Waals surface area contributed by atoms with Gasteiger partial charge in [0.15, 0.2) is 0 Å². The lowest BCUT2D eigenvalue weighted by Crippen LogP contribution is -2.44. The van der Waals surface area contributed by atoms with Gasteiger partial charge in [0.1, 0.15) is 5.75 Å². The molecule has 6 heteroatoms. The van der Waals surface area contributed by atoms with Crippen LogP contribution < -0.4 is 15.8 Å². The second kappa shape index (κ2) is 10.1. The summed E-state index contributed by atoms with van der Waals surface area (Å²) in [6, 6.07) is 7.36. The van der Waals surface area contributed by atoms with Crippen LogP contribution in [0.1, 0.15) is 13.8 Å². The third-order valence-corrected chi connectivity index (χ3v) is 4.30. The van der Waals surface area contributed by atoms with E-state index in [-0.39, 0.29) is 11.8 Å². The first kappa shape index (κ1) is 18.3. The largest absolute Gasteiger partial charge is 0.493 e. The number of halogens is 1. The highest BCUT2D eigenvalue weighted by atomic mass is 79.9. The molecule has 4 nitrogen and oxygen atoms in total. The number of hydrogen-bond acceptors (Lipinski definition) is 4. The SMILES string of the molecule is CC(C)[C@H](N)C(=O)NCCSCCOc1cccc(Br)c1. The van der Waals surface area contributed by atoms with Gasteiger partial charge in [0.25, 0.3) is 0 Å². The van der Waals surface area contributed by atoms with Gasteiger partial charge in [0.2, 0.25) is 5.91 Å². The van der Waals surface area contributed by atoms with Gasteiger partial charge in [-0.15, -0.1) is 0 Å². The van der Waals surface area contributed by atoms with Crippen LogP contribution in [0.4, 0.5) is 0 Å². The number of benzene rings is 1. The van der Waals surface area contributed by atoms with Crippen LogP contribution in [0.3, 0.4) is 0 Å². The second-order valence-corrected chi connectivity index (χ2v) is 7.12. The molecule has 0 saturated carbocycles. The monoisotopic (exact) mass is 374 g/mol. The van der Waals surface area contributed by atoms with Crippen LogP contribution in [0, 0.1) is 5.92 Å². The lowest BCUT2D eigenvalue weighted by Gasteiger charge is -2.15. The Bertz CT molecular complexity index is 443. The fourth-order valence-corrected chi connectivity index (χ4v) is 2.57. The Morgan fingerprint density at radius 2 is 2.19 bits per heavy atom. The van der Waals surface area contributed by atoms with Crippen LogP contribution in [-0.4, -0.2) is 36.6 Å². The zero-order chi connectivity index (χ0) is 15.7. The van der Waals surface area contributed by atoms with Crippen LogP contribution in [0.5, 0.6) is 5.75 Å². The summed E-state index contributed by atoms with van der Waals surface area (Å²) < 4.78 is 6.64. The van der Waals surface area contributed by atoms with Crippen LogP contribution in [-0.2, 0) is 4.79 Å². The van der Waals surface area contributed by atoms with E-state index >= 15 is 0 Å². The highest BCUT2D eigenvalue weighted by Gasteiger charge is 2.15. The maximum Gasteiger partial charge on any atom is 0.237 e. The molecule has 0 aliphatic rings. The van der Waals surface area contributed by atoms with Crippen LogP contribution in [0.2, 0.25) is 0 Å². The molecular formula is C15H23BrN2O2S. The van der Waals surface area contributed by atoms with E-state index in [1.54, 1.807) is 11.8 Å². The van der Waals surface area contributed by atoms with Gasteiger partial charge in [0.05, 0.1) is 12.6 Å². The molecule has 3 N–H and O–H groups in total. The van der Waals surface area contributed by atoms with E-state index in [9.17, 15) is 4.79 Å². The van der Waals surface area contributed by atoms with Crippen molar-refractivity contribution in [1.29, 1.82) is 0 Å². The molecule has 1 atom stereocenters. The Balaban J connectivity index is 2.04. The maximum absolute atomic E-state index is 11.6. The number of nitrogens with one attached hydrogen (secondary N) is 1. The molecule has 0 spiro atoms. The Labute approximate surface area is 139 Å². The normalized spacial score (nSPS) is 12.2. The van der Waals surface area contributed by atoms with Crippen molar-refractivity contribution in [2.75, 3.05) is 24.7 Å². The van der Waals surface area contributed by atoms with Crippen molar-refractivity contribution < 1.29 is 9.53 Å². The summed E-state index contributed by atoms with van der Waals surface area (Å²) in [7, 11) is 0. The van der Waals surface area contributed by atoms with Gasteiger partial charge in [-0.1, -0.05) is 35.8 Å². The molecule has 0 heterocycles. The Morgan fingerprint density at radius 3 is 2.86 bits per heavy atom. The predicted octanol–water partition coefficient (Wildman–Crippen LogP) is 2.66. The minimum Gasteiger partial charge on any atom is -0.493 e. The third kappa shape index (κ3) is 7.74. The summed E-state index contributed by atoms with van der Waals surface area (Å²) in [5.74, 6) is 2.70. The average Bonchev–Trinajstić information content (AvgIpc) is 2.45. The molecule has 21 heavy (non-hydrogen) atoms. The number of thioether (sulfide) groups is 1. The maximum atomic E-state index is 11.6. The summed E-state index contributed by atoms with van der Waals surface area (Å²) in [4.78, 5) is 11.6. The molecule has 0 aromatic heterocycles. The van der Waals surface area contributed by atoms with E-state index in [2.05, 4.69) is 21.2 Å². The molecule has 0 aliphatic carbocycles. The van der Waals surface area contributed by atoms with Gasteiger partial charge < -0.3 is 15.8 Å². The molecule has 1 rings (SSSR count). The first-order valence-electron chi connectivity index (χ1n) is 7.00. The molecule has 0 fully saturated rings. The first-order chi connectivity index (χ1) is 10.0. The van der Waals surface area contributed by atoms with Gasteiger partial charge in [-0.2, -0.15) is 11.8 Å². The molecule has 0 saturated heterocycles. The van der Waals surface area contributed by atoms with Crippen LogP contribution in [0.25, 0.3) is 0 Å². The predicted molar refractivity (Wildman–Crippen MR) is 92.8 cm³/mol. The summed E-state index contributed by atoms with van der Waals surface area (Å²) in [6.45, 7) is 5.18. The first-order valence-corrected chi connectivity index (χ1v) is 8.95. The number of nitrogens with two attached hydrogens (primary N) is 1. The van der Waals surface area contributed by atoms with Crippen molar-refractivity contribution in [3.05, 3.63) is 28.7 Å². The van der Waals surface area contributed by atoms with E-state index in [1.807, 2.05) is 38.1 Å². The van der Waals surface area contributed by atoms with Crippen molar-refractivity contribution in [1.82, 2.24) is 5.32 Å². The van der Waals surface area contributed by atoms with Gasteiger partial charge in [-0.3, -0.25) is 4.79 Å². The molecule has 1 aromatic carbocycles. The highest BCUT2D eigenvalue weighted by Crippen LogP contribution is 2.17. The molecular weight excluding hydrogens is 352 g/mol. The van der Waals surface area contributed by atoms with Crippen molar-refractivity contribution in [3.8, 4) is 5.75 Å². The quantitative estimate of drug-likeness (QED) is 0.652.